The summed E-state index contributed by atoms with van der Waals surface area (Å²) in [6, 6.07) is 0. The molecule has 0 amide bonds. The van der Waals surface area contributed by atoms with Crippen LogP contribution in [0.4, 0.5) is 0 Å². The standard InChI is InChI=1S/C5H8O2.Al/c1-4(6)3-5(2)7;/h3,6H,1-2H3;/q;+1/p-1/b4-3-;. The lowest BCUT2D eigenvalue weighted by molar-refractivity contribution is -0.112. The van der Waals surface area contributed by atoms with Crippen LogP contribution in [0, 0.1) is 0 Å². The van der Waals surface area contributed by atoms with E-state index in [9.17, 15) is 4.79 Å². The highest BCUT2D eigenvalue weighted by Crippen LogP contribution is 1.89. The van der Waals surface area contributed by atoms with Crippen LogP contribution < -0.4 is 0 Å². The monoisotopic (exact) mass is 126 g/mol. The van der Waals surface area contributed by atoms with Crippen LogP contribution in [0.15, 0.2) is 11.8 Å². The van der Waals surface area contributed by atoms with Gasteiger partial charge in [-0.05, 0) is 13.8 Å². The van der Waals surface area contributed by atoms with Crippen molar-refractivity contribution in [2.45, 2.75) is 13.8 Å². The molecule has 42 valence electrons. The van der Waals surface area contributed by atoms with Crippen LogP contribution in [0.1, 0.15) is 13.8 Å². The number of allylic oxidation sites excluding steroid dienone is 2. The van der Waals surface area contributed by atoms with E-state index in [1.807, 2.05) is 0 Å². The summed E-state index contributed by atoms with van der Waals surface area (Å²) in [5, 5.41) is 0. The second kappa shape index (κ2) is 3.71. The van der Waals surface area contributed by atoms with Crippen LogP contribution in [-0.4, -0.2) is 22.4 Å². The van der Waals surface area contributed by atoms with Crippen LogP contribution in [0.3, 0.4) is 0 Å². The molecule has 0 aliphatic rings. The molecular formula is C5H7AlO2. The molecule has 0 saturated carbocycles. The Morgan fingerprint density at radius 3 is 2.25 bits per heavy atom. The minimum atomic E-state index is 0.00458. The van der Waals surface area contributed by atoms with Crippen molar-refractivity contribution in [3.8, 4) is 0 Å². The third-order valence-electron chi connectivity index (χ3n) is 0.592. The van der Waals surface area contributed by atoms with Gasteiger partial charge >= 0.3 is 16.6 Å². The largest absolute Gasteiger partial charge is 0.657 e. The number of hydrogen-bond donors (Lipinski definition) is 0. The van der Waals surface area contributed by atoms with E-state index < -0.39 is 0 Å². The van der Waals surface area contributed by atoms with E-state index in [2.05, 4.69) is 20.4 Å². The zero-order chi connectivity index (χ0) is 6.57. The van der Waals surface area contributed by atoms with Gasteiger partial charge in [-0.1, -0.05) is 0 Å². The third-order valence-corrected chi connectivity index (χ3v) is 0.964. The normalized spacial score (nSPS) is 11.0. The maximum atomic E-state index is 10.2. The molecule has 0 fully saturated rings. The Balaban J connectivity index is 3.75. The van der Waals surface area contributed by atoms with Crippen molar-refractivity contribution in [2.75, 3.05) is 0 Å². The number of carbonyl (C=O) groups is 1. The molecule has 0 rings (SSSR count). The van der Waals surface area contributed by atoms with Gasteiger partial charge < -0.3 is 3.79 Å². The van der Waals surface area contributed by atoms with Gasteiger partial charge in [-0.25, -0.2) is 0 Å². The first-order valence-corrected chi connectivity index (χ1v) is 2.69. The summed E-state index contributed by atoms with van der Waals surface area (Å²) >= 11 is 2.06. The molecular weight excluding hydrogens is 119 g/mol. The molecule has 8 heavy (non-hydrogen) atoms. The van der Waals surface area contributed by atoms with Gasteiger partial charge in [0.25, 0.3) is 0 Å². The SMILES string of the molecule is CC(=O)/C=C(/C)[O][Al]. The quantitative estimate of drug-likeness (QED) is 0.307. The van der Waals surface area contributed by atoms with Crippen molar-refractivity contribution < 1.29 is 8.58 Å². The first-order valence-electron chi connectivity index (χ1n) is 2.22. The van der Waals surface area contributed by atoms with E-state index >= 15 is 0 Å². The maximum absolute atomic E-state index is 10.2. The van der Waals surface area contributed by atoms with Crippen LogP contribution in [-0.2, 0) is 8.58 Å². The topological polar surface area (TPSA) is 26.3 Å². The van der Waals surface area contributed by atoms with Crippen molar-refractivity contribution in [1.29, 1.82) is 0 Å². The highest BCUT2D eigenvalue weighted by atomic mass is 27.1. The molecule has 0 aromatic heterocycles. The lowest BCUT2D eigenvalue weighted by Gasteiger charge is -1.97. The molecule has 2 nitrogen and oxygen atoms in total. The van der Waals surface area contributed by atoms with Crippen molar-refractivity contribution in [3.63, 3.8) is 0 Å². The Bertz CT molecular complexity index is 118. The lowest BCUT2D eigenvalue weighted by atomic mass is 10.4. The molecule has 0 aliphatic heterocycles. The second-order valence-electron chi connectivity index (χ2n) is 1.48. The smallest absolute Gasteiger partial charge is 0.481 e. The van der Waals surface area contributed by atoms with E-state index in [0.29, 0.717) is 5.76 Å². The molecule has 0 atom stereocenters. The fourth-order valence-electron chi connectivity index (χ4n) is 0.320. The Labute approximate surface area is 57.3 Å². The zero-order valence-corrected chi connectivity index (χ0v) is 6.13. The summed E-state index contributed by atoms with van der Waals surface area (Å²) in [5.41, 5.74) is 0. The lowest BCUT2D eigenvalue weighted by Crippen LogP contribution is -1.87. The first kappa shape index (κ1) is 7.74. The van der Waals surface area contributed by atoms with E-state index in [1.165, 1.54) is 13.0 Å². The minimum Gasteiger partial charge on any atom is -0.657 e. The van der Waals surface area contributed by atoms with Gasteiger partial charge in [0.1, 0.15) is 0 Å². The van der Waals surface area contributed by atoms with Crippen molar-refractivity contribution in [2.24, 2.45) is 0 Å². The number of carbonyl (C=O) groups excluding carboxylic acids is 1. The predicted octanol–water partition coefficient (Wildman–Crippen LogP) is 0.579. The Morgan fingerprint density at radius 2 is 2.12 bits per heavy atom. The van der Waals surface area contributed by atoms with Gasteiger partial charge in [-0.15, -0.1) is 0 Å². The summed E-state index contributed by atoms with van der Waals surface area (Å²) in [5.74, 6) is 0.618. The predicted molar refractivity (Wildman–Crippen MR) is 31.3 cm³/mol. The van der Waals surface area contributed by atoms with E-state index in [0.717, 1.165) is 0 Å². The molecule has 0 heterocycles. The number of ketones is 1. The molecule has 2 radical (unpaired) electrons. The van der Waals surface area contributed by atoms with E-state index in [1.54, 1.807) is 6.92 Å². The van der Waals surface area contributed by atoms with Crippen LogP contribution in [0.25, 0.3) is 0 Å². The van der Waals surface area contributed by atoms with Crippen LogP contribution in [0.2, 0.25) is 0 Å². The second-order valence-corrected chi connectivity index (χ2v) is 1.72. The van der Waals surface area contributed by atoms with Crippen molar-refractivity contribution in [1.82, 2.24) is 0 Å². The van der Waals surface area contributed by atoms with Crippen LogP contribution in [0.5, 0.6) is 0 Å². The number of rotatable bonds is 2. The van der Waals surface area contributed by atoms with Crippen molar-refractivity contribution >= 4 is 22.4 Å². The van der Waals surface area contributed by atoms with Crippen molar-refractivity contribution in [3.05, 3.63) is 11.8 Å². The fraction of sp³-hybridized carbons (Fsp3) is 0.400. The molecule has 0 N–H and O–H groups in total. The Kier molecular flexibility index (Phi) is 3.59. The summed E-state index contributed by atoms with van der Waals surface area (Å²) in [6.45, 7) is 3.20. The summed E-state index contributed by atoms with van der Waals surface area (Å²) < 4.78 is 4.62. The molecule has 0 spiro atoms. The molecule has 0 aromatic carbocycles. The van der Waals surface area contributed by atoms with Gasteiger partial charge in [0.05, 0.1) is 5.76 Å². The van der Waals surface area contributed by atoms with Gasteiger partial charge in [0.15, 0.2) is 5.78 Å². The van der Waals surface area contributed by atoms with Gasteiger partial charge in [0.2, 0.25) is 0 Å². The zero-order valence-electron chi connectivity index (χ0n) is 4.97. The average Bonchev–Trinajstić information content (AvgIpc) is 1.65. The van der Waals surface area contributed by atoms with Crippen LogP contribution >= 0.6 is 0 Å². The third kappa shape index (κ3) is 3.92. The van der Waals surface area contributed by atoms with Gasteiger partial charge in [-0.3, -0.25) is 4.79 Å². The molecule has 0 bridgehead atoms. The summed E-state index contributed by atoms with van der Waals surface area (Å²) in [6.07, 6.45) is 1.42. The Morgan fingerprint density at radius 1 is 1.62 bits per heavy atom. The fourth-order valence-corrected chi connectivity index (χ4v) is 0.388. The molecule has 0 aromatic rings. The summed E-state index contributed by atoms with van der Waals surface area (Å²) in [7, 11) is 0. The molecule has 0 saturated heterocycles. The highest BCUT2D eigenvalue weighted by Gasteiger charge is 1.85. The maximum Gasteiger partial charge on any atom is 0.481 e. The van der Waals surface area contributed by atoms with Gasteiger partial charge in [-0.2, -0.15) is 0 Å². The van der Waals surface area contributed by atoms with Gasteiger partial charge in [0, 0.05) is 6.08 Å². The molecule has 3 heteroatoms. The summed E-state index contributed by atoms with van der Waals surface area (Å²) in [4.78, 5) is 10.2. The van der Waals surface area contributed by atoms with E-state index in [4.69, 9.17) is 0 Å². The number of hydrogen-bond acceptors (Lipinski definition) is 2. The minimum absolute atomic E-state index is 0.00458. The average molecular weight is 126 g/mol. The Hall–Kier alpha value is -0.258. The first-order chi connectivity index (χ1) is 3.66. The highest BCUT2D eigenvalue weighted by molar-refractivity contribution is 5.99. The van der Waals surface area contributed by atoms with E-state index in [-0.39, 0.29) is 5.78 Å². The molecule has 0 unspecified atom stereocenters. The molecule has 0 aliphatic carbocycles.